The number of hydrogen-bond donors (Lipinski definition) is 2. The van der Waals surface area contributed by atoms with E-state index >= 15 is 0 Å². The zero-order valence-electron chi connectivity index (χ0n) is 10.3. The molecule has 6 heteroatoms. The summed E-state index contributed by atoms with van der Waals surface area (Å²) >= 11 is 0. The normalized spacial score (nSPS) is 10.2. The molecule has 2 aromatic rings. The average molecular weight is 261 g/mol. The second-order valence-electron chi connectivity index (χ2n) is 3.79. The molecule has 1 aromatic carbocycles. The molecule has 6 nitrogen and oxygen atoms in total. The number of benzene rings is 1. The number of carbonyl (C=O) groups excluding carboxylic acids is 1. The fourth-order valence-corrected chi connectivity index (χ4v) is 1.65. The fourth-order valence-electron chi connectivity index (χ4n) is 1.65. The highest BCUT2D eigenvalue weighted by molar-refractivity contribution is 5.67. The maximum atomic E-state index is 11.3. The van der Waals surface area contributed by atoms with Crippen molar-refractivity contribution < 1.29 is 14.6 Å². The van der Waals surface area contributed by atoms with Crippen molar-refractivity contribution in [3.8, 4) is 5.69 Å². The first-order chi connectivity index (χ1) is 9.31. The highest BCUT2D eigenvalue weighted by Gasteiger charge is 2.06. The van der Waals surface area contributed by atoms with Gasteiger partial charge in [-0.25, -0.2) is 9.48 Å². The summed E-state index contributed by atoms with van der Waals surface area (Å²) in [5.41, 5.74) is 1.82. The smallest absolute Gasteiger partial charge is 0.407 e. The van der Waals surface area contributed by atoms with E-state index in [9.17, 15) is 4.79 Å². The van der Waals surface area contributed by atoms with Crippen LogP contribution in [0.15, 0.2) is 42.7 Å². The summed E-state index contributed by atoms with van der Waals surface area (Å²) in [5, 5.41) is 15.3. The van der Waals surface area contributed by atoms with E-state index in [0.29, 0.717) is 6.54 Å². The largest absolute Gasteiger partial charge is 0.447 e. The van der Waals surface area contributed by atoms with Crippen LogP contribution >= 0.6 is 0 Å². The Kier molecular flexibility index (Phi) is 4.52. The standard InChI is InChI=1S/C13H15N3O3/c17-8-9-19-13(18)14-10-11-4-1-2-5-12(11)16-7-3-6-15-16/h1-7,17H,8-10H2,(H,14,18). The number of carbonyl (C=O) groups is 1. The maximum absolute atomic E-state index is 11.3. The molecule has 19 heavy (non-hydrogen) atoms. The van der Waals surface area contributed by atoms with E-state index < -0.39 is 6.09 Å². The maximum Gasteiger partial charge on any atom is 0.407 e. The molecule has 0 aliphatic heterocycles. The lowest BCUT2D eigenvalue weighted by Crippen LogP contribution is -2.25. The lowest BCUT2D eigenvalue weighted by molar-refractivity contribution is 0.119. The molecule has 1 amide bonds. The van der Waals surface area contributed by atoms with Crippen LogP contribution in [0.3, 0.4) is 0 Å². The molecule has 1 heterocycles. The number of hydrogen-bond acceptors (Lipinski definition) is 4. The van der Waals surface area contributed by atoms with Gasteiger partial charge in [0.2, 0.25) is 0 Å². The highest BCUT2D eigenvalue weighted by atomic mass is 16.6. The summed E-state index contributed by atoms with van der Waals surface area (Å²) in [6.07, 6.45) is 2.98. The minimum Gasteiger partial charge on any atom is -0.447 e. The third kappa shape index (κ3) is 3.56. The number of aliphatic hydroxyl groups is 1. The molecule has 0 radical (unpaired) electrons. The molecule has 0 bridgehead atoms. The number of nitrogens with one attached hydrogen (secondary N) is 1. The van der Waals surface area contributed by atoms with Crippen LogP contribution in [-0.4, -0.2) is 34.2 Å². The molecule has 0 saturated heterocycles. The summed E-state index contributed by atoms with van der Waals surface area (Å²) in [6, 6.07) is 9.46. The summed E-state index contributed by atoms with van der Waals surface area (Å²) in [7, 11) is 0. The second-order valence-corrected chi connectivity index (χ2v) is 3.79. The summed E-state index contributed by atoms with van der Waals surface area (Å²) in [4.78, 5) is 11.3. The summed E-state index contributed by atoms with van der Waals surface area (Å²) in [5.74, 6) is 0. The highest BCUT2D eigenvalue weighted by Crippen LogP contribution is 2.12. The molecule has 2 rings (SSSR count). The van der Waals surface area contributed by atoms with Crippen LogP contribution in [0.1, 0.15) is 5.56 Å². The van der Waals surface area contributed by atoms with Gasteiger partial charge in [-0.2, -0.15) is 5.10 Å². The van der Waals surface area contributed by atoms with Crippen LogP contribution in [-0.2, 0) is 11.3 Å². The number of amides is 1. The van der Waals surface area contributed by atoms with Gasteiger partial charge in [0, 0.05) is 18.9 Å². The minimum absolute atomic E-state index is 0.00731. The van der Waals surface area contributed by atoms with E-state index in [1.165, 1.54) is 0 Å². The van der Waals surface area contributed by atoms with Gasteiger partial charge in [-0.1, -0.05) is 18.2 Å². The lowest BCUT2D eigenvalue weighted by atomic mass is 10.2. The molecule has 0 saturated carbocycles. The van der Waals surface area contributed by atoms with E-state index in [0.717, 1.165) is 11.3 Å². The predicted molar refractivity (Wildman–Crippen MR) is 68.8 cm³/mol. The van der Waals surface area contributed by atoms with Crippen LogP contribution in [0.2, 0.25) is 0 Å². The number of aromatic nitrogens is 2. The van der Waals surface area contributed by atoms with Gasteiger partial charge in [-0.05, 0) is 17.7 Å². The predicted octanol–water partition coefficient (Wildman–Crippen LogP) is 1.09. The molecule has 0 atom stereocenters. The van der Waals surface area contributed by atoms with E-state index in [1.807, 2.05) is 36.5 Å². The zero-order valence-corrected chi connectivity index (χ0v) is 10.3. The lowest BCUT2D eigenvalue weighted by Gasteiger charge is -2.10. The van der Waals surface area contributed by atoms with Crippen LogP contribution in [0.4, 0.5) is 4.79 Å². The van der Waals surface area contributed by atoms with Crippen molar-refractivity contribution in [1.82, 2.24) is 15.1 Å². The second kappa shape index (κ2) is 6.55. The van der Waals surface area contributed by atoms with Gasteiger partial charge in [-0.15, -0.1) is 0 Å². The van der Waals surface area contributed by atoms with Crippen molar-refractivity contribution in [2.45, 2.75) is 6.54 Å². The van der Waals surface area contributed by atoms with Crippen LogP contribution in [0, 0.1) is 0 Å². The van der Waals surface area contributed by atoms with Gasteiger partial charge >= 0.3 is 6.09 Å². The number of ether oxygens (including phenoxy) is 1. The Morgan fingerprint density at radius 3 is 2.95 bits per heavy atom. The number of rotatable bonds is 5. The molecule has 0 fully saturated rings. The number of nitrogens with zero attached hydrogens (tertiary/aromatic N) is 2. The van der Waals surface area contributed by atoms with E-state index in [2.05, 4.69) is 10.4 Å². The number of alkyl carbamates (subject to hydrolysis) is 1. The van der Waals surface area contributed by atoms with Gasteiger partial charge in [-0.3, -0.25) is 0 Å². The molecular formula is C13H15N3O3. The molecule has 0 aliphatic carbocycles. The summed E-state index contributed by atoms with van der Waals surface area (Å²) in [6.45, 7) is 0.143. The Balaban J connectivity index is 2.03. The first kappa shape index (κ1) is 13.1. The van der Waals surface area contributed by atoms with Gasteiger partial charge in [0.25, 0.3) is 0 Å². The van der Waals surface area contributed by atoms with Crippen molar-refractivity contribution in [2.24, 2.45) is 0 Å². The average Bonchev–Trinajstić information content (AvgIpc) is 2.97. The van der Waals surface area contributed by atoms with Crippen LogP contribution < -0.4 is 5.32 Å². The van der Waals surface area contributed by atoms with Crippen molar-refractivity contribution in [3.63, 3.8) is 0 Å². The molecular weight excluding hydrogens is 246 g/mol. The SMILES string of the molecule is O=C(NCc1ccccc1-n1cccn1)OCCO. The number of para-hydroxylation sites is 1. The van der Waals surface area contributed by atoms with Crippen molar-refractivity contribution in [3.05, 3.63) is 48.3 Å². The molecule has 2 N–H and O–H groups in total. The van der Waals surface area contributed by atoms with Gasteiger partial charge < -0.3 is 15.2 Å². The molecule has 0 aliphatic rings. The van der Waals surface area contributed by atoms with E-state index in [-0.39, 0.29) is 13.2 Å². The molecule has 1 aromatic heterocycles. The van der Waals surface area contributed by atoms with Gasteiger partial charge in [0.15, 0.2) is 0 Å². The monoisotopic (exact) mass is 261 g/mol. The first-order valence-electron chi connectivity index (χ1n) is 5.90. The first-order valence-corrected chi connectivity index (χ1v) is 5.90. The third-order valence-corrected chi connectivity index (χ3v) is 2.49. The number of aliphatic hydroxyl groups excluding tert-OH is 1. The van der Waals surface area contributed by atoms with Crippen LogP contribution in [0.5, 0.6) is 0 Å². The quantitative estimate of drug-likeness (QED) is 0.844. The Morgan fingerprint density at radius 1 is 1.37 bits per heavy atom. The van der Waals surface area contributed by atoms with Gasteiger partial charge in [0.1, 0.15) is 6.61 Å². The minimum atomic E-state index is -0.552. The van der Waals surface area contributed by atoms with Crippen molar-refractivity contribution in [1.29, 1.82) is 0 Å². The molecule has 0 unspecified atom stereocenters. The Morgan fingerprint density at radius 2 is 2.21 bits per heavy atom. The Labute approximate surface area is 110 Å². The molecule has 100 valence electrons. The zero-order chi connectivity index (χ0) is 13.5. The van der Waals surface area contributed by atoms with E-state index in [4.69, 9.17) is 9.84 Å². The van der Waals surface area contributed by atoms with Gasteiger partial charge in [0.05, 0.1) is 12.3 Å². The Hall–Kier alpha value is -2.34. The topological polar surface area (TPSA) is 76.4 Å². The Bertz CT molecular complexity index is 526. The van der Waals surface area contributed by atoms with Crippen molar-refractivity contribution in [2.75, 3.05) is 13.2 Å². The van der Waals surface area contributed by atoms with E-state index in [1.54, 1.807) is 10.9 Å². The fraction of sp³-hybridized carbons (Fsp3) is 0.231. The van der Waals surface area contributed by atoms with Crippen LogP contribution in [0.25, 0.3) is 5.69 Å². The molecule has 0 spiro atoms. The van der Waals surface area contributed by atoms with Crippen molar-refractivity contribution >= 4 is 6.09 Å². The third-order valence-electron chi connectivity index (χ3n) is 2.49. The summed E-state index contributed by atoms with van der Waals surface area (Å²) < 4.78 is 6.45.